The largest absolute Gasteiger partial charge is 0.353 e. The summed E-state index contributed by atoms with van der Waals surface area (Å²) in [4.78, 5) is 13.5. The van der Waals surface area contributed by atoms with Gasteiger partial charge in [0.15, 0.2) is 5.65 Å². The van der Waals surface area contributed by atoms with Crippen molar-refractivity contribution < 1.29 is 0 Å². The fraction of sp³-hybridized carbons (Fsp3) is 0.615. The van der Waals surface area contributed by atoms with Gasteiger partial charge in [-0.2, -0.15) is 5.10 Å². The molecule has 1 atom stereocenters. The van der Waals surface area contributed by atoms with E-state index in [-0.39, 0.29) is 0 Å². The van der Waals surface area contributed by atoms with Crippen molar-refractivity contribution >= 4 is 32.8 Å². The summed E-state index contributed by atoms with van der Waals surface area (Å²) in [6, 6.07) is 0.656. The second-order valence-corrected chi connectivity index (χ2v) is 6.01. The van der Waals surface area contributed by atoms with Crippen molar-refractivity contribution in [2.75, 3.05) is 31.1 Å². The van der Waals surface area contributed by atoms with Gasteiger partial charge in [0.05, 0.1) is 5.39 Å². The Morgan fingerprint density at radius 3 is 2.75 bits per heavy atom. The van der Waals surface area contributed by atoms with E-state index in [1.165, 1.54) is 6.42 Å². The molecule has 0 radical (unpaired) electrons. The number of halogens is 1. The van der Waals surface area contributed by atoms with Gasteiger partial charge < -0.3 is 4.90 Å². The van der Waals surface area contributed by atoms with Crippen LogP contribution in [-0.4, -0.2) is 57.3 Å². The second-order valence-electron chi connectivity index (χ2n) is 5.21. The van der Waals surface area contributed by atoms with Crippen molar-refractivity contribution in [1.82, 2.24) is 25.1 Å². The average Bonchev–Trinajstić information content (AvgIpc) is 2.88. The molecule has 3 rings (SSSR count). The number of piperazine rings is 1. The first-order valence-electron chi connectivity index (χ1n) is 7.04. The normalized spacial score (nSPS) is 18.6. The van der Waals surface area contributed by atoms with Crippen molar-refractivity contribution in [3.63, 3.8) is 0 Å². The summed E-state index contributed by atoms with van der Waals surface area (Å²) >= 11 is 3.50. The smallest absolute Gasteiger partial charge is 0.187 e. The van der Waals surface area contributed by atoms with Gasteiger partial charge in [-0.15, -0.1) is 0 Å². The van der Waals surface area contributed by atoms with Crippen molar-refractivity contribution in [3.8, 4) is 0 Å². The summed E-state index contributed by atoms with van der Waals surface area (Å²) in [6.45, 7) is 8.69. The van der Waals surface area contributed by atoms with E-state index >= 15 is 0 Å². The standard InChI is InChI=1S/C13H19BrN6/c1-3-9(2)19-4-6-20(7-5-19)13-10-11(14)17-18-12(10)15-8-16-13/h8-9H,3-7H2,1-2H3,(H,15,16,17,18)/t9-/m1/s1. The number of hydrogen-bond acceptors (Lipinski definition) is 5. The van der Waals surface area contributed by atoms with Crippen LogP contribution in [0.4, 0.5) is 5.82 Å². The number of anilines is 1. The lowest BCUT2D eigenvalue weighted by molar-refractivity contribution is 0.192. The third kappa shape index (κ3) is 2.40. The first-order chi connectivity index (χ1) is 9.70. The molecule has 3 heterocycles. The molecule has 0 amide bonds. The summed E-state index contributed by atoms with van der Waals surface area (Å²) < 4.78 is 0.854. The van der Waals surface area contributed by atoms with Crippen LogP contribution < -0.4 is 4.90 Å². The molecular formula is C13H19BrN6. The van der Waals surface area contributed by atoms with Crippen molar-refractivity contribution in [2.45, 2.75) is 26.3 Å². The zero-order valence-electron chi connectivity index (χ0n) is 11.8. The minimum atomic E-state index is 0.656. The van der Waals surface area contributed by atoms with Gasteiger partial charge in [0.25, 0.3) is 0 Å². The molecule has 1 saturated heterocycles. The van der Waals surface area contributed by atoms with Gasteiger partial charge >= 0.3 is 0 Å². The lowest BCUT2D eigenvalue weighted by Crippen LogP contribution is -2.49. The van der Waals surface area contributed by atoms with Crippen LogP contribution in [0.5, 0.6) is 0 Å². The van der Waals surface area contributed by atoms with Gasteiger partial charge in [-0.25, -0.2) is 9.97 Å². The molecule has 108 valence electrons. The van der Waals surface area contributed by atoms with Crippen LogP contribution in [0.15, 0.2) is 10.9 Å². The Balaban J connectivity index is 1.82. The lowest BCUT2D eigenvalue weighted by atomic mass is 10.2. The molecule has 1 fully saturated rings. The van der Waals surface area contributed by atoms with E-state index in [0.29, 0.717) is 11.7 Å². The van der Waals surface area contributed by atoms with E-state index < -0.39 is 0 Å². The lowest BCUT2D eigenvalue weighted by Gasteiger charge is -2.38. The van der Waals surface area contributed by atoms with E-state index in [1.54, 1.807) is 6.33 Å². The van der Waals surface area contributed by atoms with Crippen LogP contribution in [0.2, 0.25) is 0 Å². The monoisotopic (exact) mass is 338 g/mol. The third-order valence-electron chi connectivity index (χ3n) is 4.11. The number of hydrogen-bond donors (Lipinski definition) is 1. The van der Waals surface area contributed by atoms with Crippen LogP contribution in [-0.2, 0) is 0 Å². The molecule has 0 bridgehead atoms. The van der Waals surface area contributed by atoms with Gasteiger partial charge in [0, 0.05) is 32.2 Å². The molecule has 0 unspecified atom stereocenters. The SMILES string of the molecule is CC[C@@H](C)N1CCN(c2ncnc3n[nH]c(Br)c23)CC1. The van der Waals surface area contributed by atoms with Gasteiger partial charge in [0.1, 0.15) is 16.7 Å². The molecule has 7 heteroatoms. The van der Waals surface area contributed by atoms with Crippen LogP contribution in [0, 0.1) is 0 Å². The highest BCUT2D eigenvalue weighted by molar-refractivity contribution is 9.10. The summed E-state index contributed by atoms with van der Waals surface area (Å²) in [5.41, 5.74) is 0.714. The molecule has 2 aromatic rings. The molecule has 1 aliphatic heterocycles. The Morgan fingerprint density at radius 1 is 1.30 bits per heavy atom. The van der Waals surface area contributed by atoms with Crippen molar-refractivity contribution in [1.29, 1.82) is 0 Å². The number of nitrogens with one attached hydrogen (secondary N) is 1. The first-order valence-corrected chi connectivity index (χ1v) is 7.83. The Bertz CT molecular complexity index is 590. The highest BCUT2D eigenvalue weighted by Crippen LogP contribution is 2.28. The summed E-state index contributed by atoms with van der Waals surface area (Å²) in [5.74, 6) is 0.972. The van der Waals surface area contributed by atoms with Crippen molar-refractivity contribution in [3.05, 3.63) is 10.9 Å². The van der Waals surface area contributed by atoms with E-state index in [9.17, 15) is 0 Å². The maximum absolute atomic E-state index is 4.46. The maximum atomic E-state index is 4.46. The molecule has 0 spiro atoms. The summed E-state index contributed by atoms with van der Waals surface area (Å²) in [6.07, 6.45) is 2.79. The molecule has 0 aromatic carbocycles. The van der Waals surface area contributed by atoms with Gasteiger partial charge in [-0.1, -0.05) is 6.92 Å². The van der Waals surface area contributed by atoms with Crippen LogP contribution in [0.25, 0.3) is 11.0 Å². The van der Waals surface area contributed by atoms with Gasteiger partial charge in [-0.3, -0.25) is 10.00 Å². The van der Waals surface area contributed by atoms with Crippen LogP contribution in [0.1, 0.15) is 20.3 Å². The molecule has 0 saturated carbocycles. The number of H-pyrrole nitrogens is 1. The molecular weight excluding hydrogens is 320 g/mol. The van der Waals surface area contributed by atoms with Crippen LogP contribution in [0.3, 0.4) is 0 Å². The first kappa shape index (κ1) is 13.8. The van der Waals surface area contributed by atoms with Crippen molar-refractivity contribution in [2.24, 2.45) is 0 Å². The highest BCUT2D eigenvalue weighted by Gasteiger charge is 2.23. The minimum Gasteiger partial charge on any atom is -0.353 e. The number of nitrogens with zero attached hydrogens (tertiary/aromatic N) is 5. The highest BCUT2D eigenvalue weighted by atomic mass is 79.9. The number of fused-ring (bicyclic) bond motifs is 1. The van der Waals surface area contributed by atoms with E-state index in [1.807, 2.05) is 0 Å². The quantitative estimate of drug-likeness (QED) is 0.927. The third-order valence-corrected chi connectivity index (χ3v) is 4.69. The molecule has 2 aromatic heterocycles. The predicted octanol–water partition coefficient (Wildman–Crippen LogP) is 2.04. The molecule has 0 aliphatic carbocycles. The van der Waals surface area contributed by atoms with E-state index in [4.69, 9.17) is 0 Å². The Labute approximate surface area is 126 Å². The zero-order valence-corrected chi connectivity index (χ0v) is 13.4. The topological polar surface area (TPSA) is 60.9 Å². The average molecular weight is 339 g/mol. The van der Waals surface area contributed by atoms with E-state index in [2.05, 4.69) is 59.7 Å². The Kier molecular flexibility index (Phi) is 3.89. The fourth-order valence-corrected chi connectivity index (χ4v) is 3.12. The molecule has 20 heavy (non-hydrogen) atoms. The number of aromatic nitrogens is 4. The van der Waals surface area contributed by atoms with Crippen LogP contribution >= 0.6 is 15.9 Å². The fourth-order valence-electron chi connectivity index (χ4n) is 2.68. The predicted molar refractivity (Wildman–Crippen MR) is 82.9 cm³/mol. The summed E-state index contributed by atoms with van der Waals surface area (Å²) in [5, 5.41) is 8.07. The number of aromatic amines is 1. The molecule has 1 N–H and O–H groups in total. The molecule has 6 nitrogen and oxygen atoms in total. The maximum Gasteiger partial charge on any atom is 0.187 e. The molecule has 1 aliphatic rings. The number of rotatable bonds is 3. The summed E-state index contributed by atoms with van der Waals surface area (Å²) in [7, 11) is 0. The van der Waals surface area contributed by atoms with Gasteiger partial charge in [0.2, 0.25) is 0 Å². The second kappa shape index (κ2) is 5.65. The van der Waals surface area contributed by atoms with E-state index in [0.717, 1.165) is 42.0 Å². The Hall–Kier alpha value is -1.21. The minimum absolute atomic E-state index is 0.656. The Morgan fingerprint density at radius 2 is 2.05 bits per heavy atom. The van der Waals surface area contributed by atoms with Gasteiger partial charge in [-0.05, 0) is 29.3 Å². The zero-order chi connectivity index (χ0) is 14.1.